The molecule has 0 spiro atoms. The standard InChI is InChI=1S/C22H26N6O2S/c1-22(2,3)17-6-4-16(5-7-17)20-25-26-21(30-20)31-15-19(29)28-12-10-27(11-13-28)18-14-23-8-9-24-18/h4-9,14H,10-13,15H2,1-3H3. The van der Waals surface area contributed by atoms with Crippen molar-refractivity contribution in [2.75, 3.05) is 36.8 Å². The van der Waals surface area contributed by atoms with Crippen LogP contribution in [0.2, 0.25) is 0 Å². The number of thioether (sulfide) groups is 1. The van der Waals surface area contributed by atoms with E-state index in [0.29, 0.717) is 24.2 Å². The van der Waals surface area contributed by atoms with Crippen molar-refractivity contribution in [1.82, 2.24) is 25.1 Å². The highest BCUT2D eigenvalue weighted by molar-refractivity contribution is 7.99. The Morgan fingerprint density at radius 1 is 1.06 bits per heavy atom. The van der Waals surface area contributed by atoms with Crippen LogP contribution in [-0.2, 0) is 10.2 Å². The van der Waals surface area contributed by atoms with Gasteiger partial charge < -0.3 is 14.2 Å². The number of rotatable bonds is 5. The summed E-state index contributed by atoms with van der Waals surface area (Å²) in [6, 6.07) is 8.14. The number of amides is 1. The molecule has 1 amide bonds. The molecule has 1 aliphatic heterocycles. The molecule has 0 unspecified atom stereocenters. The quantitative estimate of drug-likeness (QED) is 0.561. The first-order valence-corrected chi connectivity index (χ1v) is 11.2. The van der Waals surface area contributed by atoms with E-state index in [9.17, 15) is 4.79 Å². The van der Waals surface area contributed by atoms with Crippen molar-refractivity contribution in [1.29, 1.82) is 0 Å². The Morgan fingerprint density at radius 3 is 2.45 bits per heavy atom. The predicted octanol–water partition coefficient (Wildman–Crippen LogP) is 3.27. The molecule has 8 nitrogen and oxygen atoms in total. The Kier molecular flexibility index (Phi) is 6.22. The largest absolute Gasteiger partial charge is 0.411 e. The van der Waals surface area contributed by atoms with Crippen LogP contribution >= 0.6 is 11.8 Å². The lowest BCUT2D eigenvalue weighted by Gasteiger charge is -2.35. The maximum absolute atomic E-state index is 12.6. The minimum Gasteiger partial charge on any atom is -0.411 e. The second-order valence-electron chi connectivity index (χ2n) is 8.42. The number of carbonyl (C=O) groups is 1. The van der Waals surface area contributed by atoms with Gasteiger partial charge in [0.25, 0.3) is 5.22 Å². The molecule has 0 atom stereocenters. The zero-order valence-electron chi connectivity index (χ0n) is 18.0. The predicted molar refractivity (Wildman–Crippen MR) is 120 cm³/mol. The maximum atomic E-state index is 12.6. The van der Waals surface area contributed by atoms with Gasteiger partial charge in [-0.25, -0.2) is 4.98 Å². The van der Waals surface area contributed by atoms with Crippen LogP contribution in [0, 0.1) is 0 Å². The zero-order chi connectivity index (χ0) is 21.8. The molecule has 4 rings (SSSR count). The van der Waals surface area contributed by atoms with Gasteiger partial charge in [0.05, 0.1) is 11.9 Å². The van der Waals surface area contributed by atoms with Crippen molar-refractivity contribution in [3.63, 3.8) is 0 Å². The van der Waals surface area contributed by atoms with Crippen LogP contribution in [0.3, 0.4) is 0 Å². The molecule has 0 bridgehead atoms. The molecule has 0 radical (unpaired) electrons. The number of anilines is 1. The number of carbonyl (C=O) groups excluding carboxylic acids is 1. The van der Waals surface area contributed by atoms with Crippen molar-refractivity contribution >= 4 is 23.5 Å². The molecular formula is C22H26N6O2S. The average Bonchev–Trinajstić information content (AvgIpc) is 3.27. The number of hydrogen-bond donors (Lipinski definition) is 0. The van der Waals surface area contributed by atoms with Crippen molar-refractivity contribution in [3.05, 3.63) is 48.4 Å². The van der Waals surface area contributed by atoms with Gasteiger partial charge >= 0.3 is 0 Å². The van der Waals surface area contributed by atoms with E-state index in [1.54, 1.807) is 18.6 Å². The summed E-state index contributed by atoms with van der Waals surface area (Å²) in [5, 5.41) is 8.62. The van der Waals surface area contributed by atoms with Gasteiger partial charge in [0.1, 0.15) is 5.82 Å². The maximum Gasteiger partial charge on any atom is 0.277 e. The number of piperazine rings is 1. The molecule has 9 heteroatoms. The second kappa shape index (κ2) is 9.05. The highest BCUT2D eigenvalue weighted by atomic mass is 32.2. The number of benzene rings is 1. The summed E-state index contributed by atoms with van der Waals surface area (Å²) in [7, 11) is 0. The summed E-state index contributed by atoms with van der Waals surface area (Å²) in [4.78, 5) is 25.0. The van der Waals surface area contributed by atoms with Gasteiger partial charge in [-0.2, -0.15) is 0 Å². The molecule has 162 valence electrons. The number of aromatic nitrogens is 4. The fourth-order valence-electron chi connectivity index (χ4n) is 3.35. The second-order valence-corrected chi connectivity index (χ2v) is 9.35. The van der Waals surface area contributed by atoms with Crippen LogP contribution in [0.5, 0.6) is 0 Å². The number of nitrogens with zero attached hydrogens (tertiary/aromatic N) is 6. The van der Waals surface area contributed by atoms with Crippen molar-refractivity contribution in [2.45, 2.75) is 31.4 Å². The third-order valence-electron chi connectivity index (χ3n) is 5.23. The minimum atomic E-state index is 0.0677. The van der Waals surface area contributed by atoms with Crippen LogP contribution in [0.1, 0.15) is 26.3 Å². The van der Waals surface area contributed by atoms with Crippen LogP contribution in [-0.4, -0.2) is 62.9 Å². The van der Waals surface area contributed by atoms with E-state index in [1.807, 2.05) is 17.0 Å². The van der Waals surface area contributed by atoms with E-state index >= 15 is 0 Å². The molecule has 0 N–H and O–H groups in total. The van der Waals surface area contributed by atoms with Gasteiger partial charge in [-0.1, -0.05) is 44.7 Å². The molecule has 3 aromatic rings. The first-order chi connectivity index (χ1) is 14.9. The van der Waals surface area contributed by atoms with Gasteiger partial charge in [0, 0.05) is 44.1 Å². The van der Waals surface area contributed by atoms with E-state index in [2.05, 4.69) is 58.0 Å². The molecular weight excluding hydrogens is 412 g/mol. The van der Waals surface area contributed by atoms with Gasteiger partial charge in [-0.15, -0.1) is 10.2 Å². The van der Waals surface area contributed by atoms with E-state index < -0.39 is 0 Å². The molecule has 3 heterocycles. The summed E-state index contributed by atoms with van der Waals surface area (Å²) in [6.45, 7) is 9.33. The number of hydrogen-bond acceptors (Lipinski definition) is 8. The molecule has 31 heavy (non-hydrogen) atoms. The van der Waals surface area contributed by atoms with Crippen LogP contribution in [0.4, 0.5) is 5.82 Å². The first kappa shape index (κ1) is 21.3. The average molecular weight is 439 g/mol. The smallest absolute Gasteiger partial charge is 0.277 e. The van der Waals surface area contributed by atoms with E-state index in [-0.39, 0.29) is 17.1 Å². The highest BCUT2D eigenvalue weighted by Crippen LogP contribution is 2.27. The summed E-state index contributed by atoms with van der Waals surface area (Å²) in [5.41, 5.74) is 2.21. The SMILES string of the molecule is CC(C)(C)c1ccc(-c2nnc(SCC(=O)N3CCN(c4cnccn4)CC3)o2)cc1. The van der Waals surface area contributed by atoms with Gasteiger partial charge in [0.2, 0.25) is 11.8 Å². The molecule has 2 aromatic heterocycles. The lowest BCUT2D eigenvalue weighted by Crippen LogP contribution is -2.49. The first-order valence-electron chi connectivity index (χ1n) is 10.3. The molecule has 0 saturated carbocycles. The minimum absolute atomic E-state index is 0.0677. The Morgan fingerprint density at radius 2 is 1.81 bits per heavy atom. The highest BCUT2D eigenvalue weighted by Gasteiger charge is 2.23. The van der Waals surface area contributed by atoms with Gasteiger partial charge in [0.15, 0.2) is 0 Å². The Labute approximate surface area is 186 Å². The Balaban J connectivity index is 1.28. The molecule has 0 aliphatic carbocycles. The van der Waals surface area contributed by atoms with Crippen molar-refractivity contribution < 1.29 is 9.21 Å². The summed E-state index contributed by atoms with van der Waals surface area (Å²) < 4.78 is 5.75. The lowest BCUT2D eigenvalue weighted by molar-refractivity contribution is -0.128. The zero-order valence-corrected chi connectivity index (χ0v) is 18.8. The lowest BCUT2D eigenvalue weighted by atomic mass is 9.87. The molecule has 1 aliphatic rings. The third-order valence-corrected chi connectivity index (χ3v) is 6.03. The summed E-state index contributed by atoms with van der Waals surface area (Å²) >= 11 is 1.27. The van der Waals surface area contributed by atoms with Crippen molar-refractivity contribution in [2.24, 2.45) is 0 Å². The fourth-order valence-corrected chi connectivity index (χ4v) is 4.02. The van der Waals surface area contributed by atoms with Gasteiger partial charge in [-0.05, 0) is 23.1 Å². The Hall–Kier alpha value is -2.94. The third kappa shape index (κ3) is 5.22. The van der Waals surface area contributed by atoms with Crippen LogP contribution < -0.4 is 4.90 Å². The van der Waals surface area contributed by atoms with Gasteiger partial charge in [-0.3, -0.25) is 9.78 Å². The van der Waals surface area contributed by atoms with E-state index in [1.165, 1.54) is 17.3 Å². The summed E-state index contributed by atoms with van der Waals surface area (Å²) in [6.07, 6.45) is 5.09. The molecule has 1 saturated heterocycles. The van der Waals surface area contributed by atoms with Crippen molar-refractivity contribution in [3.8, 4) is 11.5 Å². The summed E-state index contributed by atoms with van der Waals surface area (Å²) in [5.74, 6) is 1.65. The van der Waals surface area contributed by atoms with E-state index in [0.717, 1.165) is 24.5 Å². The molecule has 1 fully saturated rings. The topological polar surface area (TPSA) is 88.3 Å². The normalized spacial score (nSPS) is 14.7. The fraction of sp³-hybridized carbons (Fsp3) is 0.409. The monoisotopic (exact) mass is 438 g/mol. The Bertz CT molecular complexity index is 1010. The van der Waals surface area contributed by atoms with Crippen LogP contribution in [0.25, 0.3) is 11.5 Å². The van der Waals surface area contributed by atoms with Crippen LogP contribution in [0.15, 0.2) is 52.5 Å². The molecule has 1 aromatic carbocycles. The van der Waals surface area contributed by atoms with E-state index in [4.69, 9.17) is 4.42 Å².